The van der Waals surface area contributed by atoms with E-state index in [1.807, 2.05) is 6.07 Å². The molecule has 0 aromatic heterocycles. The molecule has 0 aliphatic rings. The largest absolute Gasteiger partial charge is 0.469 e. The number of ether oxygens (including phenoxy) is 1. The zero-order chi connectivity index (χ0) is 13.8. The summed E-state index contributed by atoms with van der Waals surface area (Å²) in [6.07, 6.45) is -0.0941. The van der Waals surface area contributed by atoms with Crippen LogP contribution in [0.2, 0.25) is 0 Å². The third-order valence-corrected chi connectivity index (χ3v) is 4.52. The van der Waals surface area contributed by atoms with Gasteiger partial charge in [0.2, 0.25) is 0 Å². The summed E-state index contributed by atoms with van der Waals surface area (Å²) in [7, 11) is 1.28. The molecule has 1 rings (SSSR count). The molecule has 0 spiro atoms. The maximum absolute atomic E-state index is 12.2. The van der Waals surface area contributed by atoms with Crippen LogP contribution in [0.1, 0.15) is 13.8 Å². The molecule has 1 atom stereocenters. The van der Waals surface area contributed by atoms with Crippen LogP contribution in [0.15, 0.2) is 30.3 Å². The number of carbonyl (C=O) groups excluding carboxylic acids is 1. The Hall–Kier alpha value is -0.990. The van der Waals surface area contributed by atoms with Gasteiger partial charge >= 0.3 is 12.7 Å². The first-order valence-electron chi connectivity index (χ1n) is 5.39. The summed E-state index contributed by atoms with van der Waals surface area (Å²) < 4.78 is 22.0. The van der Waals surface area contributed by atoms with Gasteiger partial charge in [0.05, 0.1) is 18.7 Å². The lowest BCUT2D eigenvalue weighted by atomic mass is 9.97. The molecule has 0 bridgehead atoms. The quantitative estimate of drug-likeness (QED) is 0.613. The Morgan fingerprint density at radius 1 is 1.33 bits per heavy atom. The monoisotopic (exact) mass is 290 g/mol. The van der Waals surface area contributed by atoms with Crippen LogP contribution in [-0.4, -0.2) is 19.2 Å². The van der Waals surface area contributed by atoms with Crippen LogP contribution in [0.3, 0.4) is 0 Å². The van der Waals surface area contributed by atoms with Crippen LogP contribution in [0, 0.1) is 5.41 Å². The average molecular weight is 291 g/mol. The standard InChI is InChI=1S/C12H16ClO4P/c1-12(2,11(14)16-3)9-18(13,15)17-10-7-5-4-6-8-10/h4-8H,9H2,1-3H3. The van der Waals surface area contributed by atoms with Crippen LogP contribution in [0.5, 0.6) is 5.75 Å². The summed E-state index contributed by atoms with van der Waals surface area (Å²) >= 11 is 5.88. The summed E-state index contributed by atoms with van der Waals surface area (Å²) in [6, 6.07) is 8.61. The molecule has 0 heterocycles. The van der Waals surface area contributed by atoms with E-state index in [0.29, 0.717) is 5.75 Å². The van der Waals surface area contributed by atoms with Gasteiger partial charge in [0.1, 0.15) is 5.75 Å². The molecular formula is C12H16ClO4P. The van der Waals surface area contributed by atoms with Crippen molar-refractivity contribution in [2.45, 2.75) is 13.8 Å². The fourth-order valence-corrected chi connectivity index (χ4v) is 4.19. The van der Waals surface area contributed by atoms with Crippen molar-refractivity contribution in [3.63, 3.8) is 0 Å². The van der Waals surface area contributed by atoms with Crippen LogP contribution < -0.4 is 4.52 Å². The van der Waals surface area contributed by atoms with Crippen molar-refractivity contribution in [1.29, 1.82) is 0 Å². The van der Waals surface area contributed by atoms with E-state index in [9.17, 15) is 9.36 Å². The van der Waals surface area contributed by atoms with Gasteiger partial charge in [-0.05, 0) is 37.2 Å². The summed E-state index contributed by atoms with van der Waals surface area (Å²) in [4.78, 5) is 11.5. The van der Waals surface area contributed by atoms with Gasteiger partial charge in [-0.15, -0.1) is 0 Å². The normalized spacial score (nSPS) is 14.7. The molecule has 0 fully saturated rings. The van der Waals surface area contributed by atoms with E-state index in [2.05, 4.69) is 4.74 Å². The first kappa shape index (κ1) is 15.1. The number of carbonyl (C=O) groups is 1. The number of hydrogen-bond acceptors (Lipinski definition) is 4. The van der Waals surface area contributed by atoms with Crippen LogP contribution in [0.25, 0.3) is 0 Å². The van der Waals surface area contributed by atoms with Crippen molar-refractivity contribution in [3.8, 4) is 5.75 Å². The van der Waals surface area contributed by atoms with E-state index in [1.165, 1.54) is 7.11 Å². The number of benzene rings is 1. The lowest BCUT2D eigenvalue weighted by Crippen LogP contribution is -2.29. The fourth-order valence-electron chi connectivity index (χ4n) is 1.48. The first-order valence-corrected chi connectivity index (χ1v) is 8.10. The van der Waals surface area contributed by atoms with Gasteiger partial charge in [-0.25, -0.2) is 0 Å². The highest BCUT2D eigenvalue weighted by molar-refractivity contribution is 7.85. The Balaban J connectivity index is 2.77. The van der Waals surface area contributed by atoms with Crippen molar-refractivity contribution in [2.75, 3.05) is 13.3 Å². The van der Waals surface area contributed by atoms with Crippen LogP contribution >= 0.6 is 18.0 Å². The third kappa shape index (κ3) is 4.35. The highest BCUT2D eigenvalue weighted by Gasteiger charge is 2.38. The zero-order valence-electron chi connectivity index (χ0n) is 10.6. The maximum atomic E-state index is 12.2. The average Bonchev–Trinajstić information content (AvgIpc) is 2.27. The number of esters is 1. The summed E-state index contributed by atoms with van der Waals surface area (Å²) in [5.74, 6) is -0.0588. The zero-order valence-corrected chi connectivity index (χ0v) is 12.2. The molecule has 0 aliphatic heterocycles. The molecule has 0 N–H and O–H groups in total. The molecule has 0 saturated heterocycles. The lowest BCUT2D eigenvalue weighted by Gasteiger charge is -2.24. The molecule has 1 unspecified atom stereocenters. The van der Waals surface area contributed by atoms with E-state index in [4.69, 9.17) is 15.8 Å². The van der Waals surface area contributed by atoms with E-state index >= 15 is 0 Å². The molecule has 0 amide bonds. The molecule has 0 radical (unpaired) electrons. The van der Waals surface area contributed by atoms with Gasteiger partial charge in [-0.3, -0.25) is 9.36 Å². The van der Waals surface area contributed by atoms with E-state index < -0.39 is 18.1 Å². The number of para-hydroxylation sites is 1. The second-order valence-electron chi connectivity index (χ2n) is 4.53. The highest BCUT2D eigenvalue weighted by atomic mass is 35.7. The Morgan fingerprint density at radius 3 is 2.39 bits per heavy atom. The molecule has 0 aliphatic carbocycles. The molecule has 6 heteroatoms. The predicted octanol–water partition coefficient (Wildman–Crippen LogP) is 3.70. The molecular weight excluding hydrogens is 275 g/mol. The van der Waals surface area contributed by atoms with Crippen molar-refractivity contribution in [2.24, 2.45) is 5.41 Å². The fraction of sp³-hybridized carbons (Fsp3) is 0.417. The van der Waals surface area contributed by atoms with Crippen LogP contribution in [0.4, 0.5) is 0 Å². The van der Waals surface area contributed by atoms with Crippen molar-refractivity contribution in [1.82, 2.24) is 0 Å². The SMILES string of the molecule is COC(=O)C(C)(C)CP(=O)(Cl)Oc1ccccc1. The lowest BCUT2D eigenvalue weighted by molar-refractivity contribution is -0.149. The van der Waals surface area contributed by atoms with E-state index in [0.717, 1.165) is 0 Å². The van der Waals surface area contributed by atoms with E-state index in [-0.39, 0.29) is 6.16 Å². The molecule has 100 valence electrons. The Bertz CT molecular complexity index is 458. The van der Waals surface area contributed by atoms with Gasteiger partial charge < -0.3 is 9.26 Å². The predicted molar refractivity (Wildman–Crippen MR) is 71.2 cm³/mol. The highest BCUT2D eigenvalue weighted by Crippen LogP contribution is 2.55. The number of hydrogen-bond donors (Lipinski definition) is 0. The molecule has 0 saturated carbocycles. The number of halogens is 1. The van der Waals surface area contributed by atoms with Crippen molar-refractivity contribution < 1.29 is 18.6 Å². The topological polar surface area (TPSA) is 52.6 Å². The van der Waals surface area contributed by atoms with E-state index in [1.54, 1.807) is 38.1 Å². The molecule has 1 aromatic rings. The summed E-state index contributed by atoms with van der Waals surface area (Å²) in [5.41, 5.74) is -0.958. The van der Waals surface area contributed by atoms with Gasteiger partial charge in [0, 0.05) is 0 Å². The minimum absolute atomic E-state index is 0.0941. The van der Waals surface area contributed by atoms with Gasteiger partial charge in [0.15, 0.2) is 0 Å². The van der Waals surface area contributed by atoms with Crippen molar-refractivity contribution >= 4 is 23.9 Å². The molecule has 4 nitrogen and oxygen atoms in total. The minimum Gasteiger partial charge on any atom is -0.469 e. The summed E-state index contributed by atoms with van der Waals surface area (Å²) in [6.45, 7) is -0.205. The summed E-state index contributed by atoms with van der Waals surface area (Å²) in [5, 5.41) is 0. The van der Waals surface area contributed by atoms with Gasteiger partial charge in [-0.1, -0.05) is 18.2 Å². The Labute approximate surface area is 111 Å². The first-order chi connectivity index (χ1) is 8.27. The number of rotatable bonds is 5. The smallest absolute Gasteiger partial charge is 0.337 e. The van der Waals surface area contributed by atoms with Gasteiger partial charge in [-0.2, -0.15) is 0 Å². The number of methoxy groups -OCH3 is 1. The second-order valence-corrected chi connectivity index (χ2v) is 7.75. The Kier molecular flexibility index (Phi) is 4.83. The van der Waals surface area contributed by atoms with Gasteiger partial charge in [0.25, 0.3) is 0 Å². The third-order valence-electron chi connectivity index (χ3n) is 2.31. The van der Waals surface area contributed by atoms with Crippen molar-refractivity contribution in [3.05, 3.63) is 30.3 Å². The minimum atomic E-state index is -3.43. The molecule has 18 heavy (non-hydrogen) atoms. The maximum Gasteiger partial charge on any atom is 0.337 e. The Morgan fingerprint density at radius 2 is 1.89 bits per heavy atom. The van der Waals surface area contributed by atoms with Crippen LogP contribution in [-0.2, 0) is 14.1 Å². The second kappa shape index (κ2) is 5.77. The molecule has 1 aromatic carbocycles.